The highest BCUT2D eigenvalue weighted by Crippen LogP contribution is 2.66. The number of nitrogens with two attached hydrogens (primary N) is 2. The minimum atomic E-state index is -5.75. The molecule has 384 valence electrons. The fourth-order valence-corrected chi connectivity index (χ4v) is 9.87. The van der Waals surface area contributed by atoms with Crippen LogP contribution in [0.4, 0.5) is 23.0 Å². The van der Waals surface area contributed by atoms with Gasteiger partial charge in [0.25, 0.3) is 11.4 Å². The van der Waals surface area contributed by atoms with E-state index in [2.05, 4.69) is 23.1 Å². The summed E-state index contributed by atoms with van der Waals surface area (Å²) in [5.41, 5.74) is 11.2. The molecule has 0 radical (unpaired) electrons. The monoisotopic (exact) mass is 1050 g/mol. The first-order valence-corrected chi connectivity index (χ1v) is 24.7. The Balaban J connectivity index is 0.000000276. The molecule has 4 heterocycles. The molecule has 31 nitrogen and oxygen atoms in total. The Morgan fingerprint density at radius 1 is 0.729 bits per heavy atom. The van der Waals surface area contributed by atoms with E-state index in [1.54, 1.807) is 38.1 Å². The second-order valence-electron chi connectivity index (χ2n) is 15.2. The number of ether oxygens (including phenoxy) is 4. The second-order valence-corrected chi connectivity index (χ2v) is 19.6. The van der Waals surface area contributed by atoms with Crippen molar-refractivity contribution < 1.29 is 90.5 Å². The Hall–Kier alpha value is -5.27. The molecule has 2 fully saturated rings. The first-order valence-electron chi connectivity index (χ1n) is 20.2. The van der Waals surface area contributed by atoms with Crippen LogP contribution in [0.15, 0.2) is 70.5 Å². The summed E-state index contributed by atoms with van der Waals surface area (Å²) in [5.74, 6) is -0.234. The highest BCUT2D eigenvalue weighted by molar-refractivity contribution is 7.66. The Labute approximate surface area is 393 Å². The van der Waals surface area contributed by atoms with Gasteiger partial charge in [0.1, 0.15) is 36.3 Å². The van der Waals surface area contributed by atoms with Crippen LogP contribution in [0.3, 0.4) is 0 Å². The lowest BCUT2D eigenvalue weighted by molar-refractivity contribution is -0.386. The van der Waals surface area contributed by atoms with Crippen molar-refractivity contribution in [2.45, 2.75) is 89.0 Å². The number of benzene rings is 2. The molecular formula is C36H47N8O23P3. The summed E-state index contributed by atoms with van der Waals surface area (Å²) in [6.07, 6.45) is -5.38. The molecule has 0 amide bonds. The normalized spacial score (nSPS) is 22.8. The smallest absolute Gasteiger partial charge is 0.394 e. The van der Waals surface area contributed by atoms with E-state index in [-0.39, 0.29) is 61.2 Å². The summed E-state index contributed by atoms with van der Waals surface area (Å²) in [7, 11) is -16.8. The maximum atomic E-state index is 12.5. The number of para-hydroxylation sites is 2. The van der Waals surface area contributed by atoms with E-state index in [9.17, 15) is 68.6 Å². The third-order valence-electron chi connectivity index (χ3n) is 10.3. The number of nitrogens with zero attached hydrogens (tertiary/aromatic N) is 6. The Morgan fingerprint density at radius 3 is 1.54 bits per heavy atom. The summed E-state index contributed by atoms with van der Waals surface area (Å²) in [6.45, 7) is 1.63. The van der Waals surface area contributed by atoms with Gasteiger partial charge in [-0.15, -0.1) is 0 Å². The van der Waals surface area contributed by atoms with Crippen molar-refractivity contribution in [1.29, 1.82) is 0 Å². The van der Waals surface area contributed by atoms with Gasteiger partial charge in [-0.25, -0.2) is 23.3 Å². The molecule has 0 bridgehead atoms. The van der Waals surface area contributed by atoms with Crippen molar-refractivity contribution in [2.75, 3.05) is 24.7 Å². The van der Waals surface area contributed by atoms with Gasteiger partial charge in [0.05, 0.1) is 71.8 Å². The van der Waals surface area contributed by atoms with Gasteiger partial charge in [-0.2, -0.15) is 18.6 Å². The molecule has 0 saturated carbocycles. The summed E-state index contributed by atoms with van der Waals surface area (Å²) < 4.78 is 70.3. The zero-order valence-corrected chi connectivity index (χ0v) is 39.2. The average Bonchev–Trinajstić information content (AvgIpc) is 3.84. The fraction of sp³-hybridized carbons (Fsp3) is 0.444. The summed E-state index contributed by atoms with van der Waals surface area (Å²) in [6, 6.07) is 12.2. The molecular weight excluding hydrogens is 1010 g/mol. The third kappa shape index (κ3) is 14.9. The van der Waals surface area contributed by atoms with Crippen molar-refractivity contribution in [2.24, 2.45) is 0 Å². The van der Waals surface area contributed by atoms with Crippen molar-refractivity contribution in [3.05, 3.63) is 124 Å². The van der Waals surface area contributed by atoms with E-state index < -0.39 is 100 Å². The zero-order chi connectivity index (χ0) is 51.9. The lowest BCUT2D eigenvalue weighted by atomic mass is 10.1. The number of nitro groups is 2. The number of aliphatic hydroxyl groups excluding tert-OH is 3. The molecule has 70 heavy (non-hydrogen) atoms. The summed E-state index contributed by atoms with van der Waals surface area (Å²) in [5, 5.41) is 51.9. The number of nitro benzene ring substituents is 2. The number of rotatable bonds is 20. The van der Waals surface area contributed by atoms with Crippen LogP contribution in [0.5, 0.6) is 0 Å². The molecule has 4 aromatic rings. The highest BCUT2D eigenvalue weighted by atomic mass is 31.3. The van der Waals surface area contributed by atoms with E-state index in [4.69, 9.17) is 40.2 Å². The van der Waals surface area contributed by atoms with Crippen LogP contribution in [0.2, 0.25) is 0 Å². The standard InChI is InChI=1S/C18H25N4O16P3.C18H22N4O7/c1-10(12-4-2-3-5-13(12)22(25)26)34-8-11-7-21(18(24)20-17(11)19)16-6-14(23)15(36-16)9-35-40(30,31)38-41(32,33)37-39(27,28)29;1-10(12-4-2-3-5-13(12)22(26)27)28-9-11-7-21(18(25)20-17(11)19)16-6-14(24)15(8-23)29-16/h2-5,7,10,14-16,23H,6,8-9H2,1H3,(H,30,31)(H,32,33)(H2,19,20,24)(H2,27,28,29);2-5,7,10,14-16,23-24H,6,8-9H2,1H3,(H2,19,20,25)/t2*10?,14?,15-,16-/m11/s1. The van der Waals surface area contributed by atoms with Gasteiger partial charge in [-0.1, -0.05) is 24.3 Å². The summed E-state index contributed by atoms with van der Waals surface area (Å²) in [4.78, 5) is 89.5. The van der Waals surface area contributed by atoms with Crippen molar-refractivity contribution in [3.63, 3.8) is 0 Å². The molecule has 0 spiro atoms. The minimum Gasteiger partial charge on any atom is -0.394 e. The Morgan fingerprint density at radius 2 is 1.14 bits per heavy atom. The molecule has 34 heteroatoms. The number of aliphatic hydroxyl groups is 3. The average molecular weight is 1050 g/mol. The quantitative estimate of drug-likeness (QED) is 0.0345. The molecule has 2 aliphatic heterocycles. The van der Waals surface area contributed by atoms with Crippen molar-refractivity contribution in [3.8, 4) is 0 Å². The Bertz CT molecular complexity index is 2800. The molecule has 6 rings (SSSR count). The van der Waals surface area contributed by atoms with Crippen LogP contribution in [0.1, 0.15) is 73.6 Å². The molecule has 6 unspecified atom stereocenters. The molecule has 2 aromatic heterocycles. The number of nitrogen functional groups attached to an aromatic ring is 2. The van der Waals surface area contributed by atoms with E-state index in [1.807, 2.05) is 0 Å². The molecule has 11 N–H and O–H groups in total. The van der Waals surface area contributed by atoms with Crippen LogP contribution < -0.4 is 22.8 Å². The van der Waals surface area contributed by atoms with E-state index in [0.717, 1.165) is 4.57 Å². The van der Waals surface area contributed by atoms with Gasteiger partial charge in [0.2, 0.25) is 0 Å². The SMILES string of the molecule is CC(OCc1cn([C@H]2CC(O)[C@@H](CO)O2)c(=O)nc1N)c1ccccc1[N+](=O)[O-].CC(OCc1cn([C@H]2CC(O)[C@@H](COP(=O)(O)OP(=O)(O)OP(=O)(O)O)O2)c(=O)nc1N)c1ccccc1[N+](=O)[O-]. The number of aromatic nitrogens is 4. The maximum absolute atomic E-state index is 12.5. The van der Waals surface area contributed by atoms with Gasteiger partial charge in [0, 0.05) is 48.5 Å². The van der Waals surface area contributed by atoms with Gasteiger partial charge in [-0.05, 0) is 26.0 Å². The third-order valence-corrected chi connectivity index (χ3v) is 14.1. The highest BCUT2D eigenvalue weighted by Gasteiger charge is 2.43. The maximum Gasteiger partial charge on any atom is 0.490 e. The molecule has 10 atom stereocenters. The minimum absolute atomic E-state index is 0.0294. The van der Waals surface area contributed by atoms with E-state index in [0.29, 0.717) is 16.7 Å². The largest absolute Gasteiger partial charge is 0.490 e. The lowest BCUT2D eigenvalue weighted by Crippen LogP contribution is -2.29. The van der Waals surface area contributed by atoms with E-state index in [1.165, 1.54) is 41.2 Å². The van der Waals surface area contributed by atoms with Crippen LogP contribution in [-0.2, 0) is 59.0 Å². The lowest BCUT2D eigenvalue weighted by Gasteiger charge is -2.20. The van der Waals surface area contributed by atoms with Crippen LogP contribution in [-0.4, -0.2) is 101 Å². The first-order chi connectivity index (χ1) is 32.7. The van der Waals surface area contributed by atoms with Gasteiger partial charge in [0.15, 0.2) is 0 Å². The molecule has 0 aliphatic carbocycles. The number of phosphoric acid groups is 3. The Kier molecular flexibility index (Phi) is 18.5. The van der Waals surface area contributed by atoms with Crippen molar-refractivity contribution >= 4 is 46.5 Å². The summed E-state index contributed by atoms with van der Waals surface area (Å²) >= 11 is 0. The number of anilines is 2. The fourth-order valence-electron chi connectivity index (χ4n) is 6.84. The number of hydrogen-bond acceptors (Lipinski definition) is 23. The molecule has 2 aliphatic rings. The topological polar surface area (TPSA) is 466 Å². The van der Waals surface area contributed by atoms with Crippen LogP contribution in [0, 0.1) is 20.2 Å². The number of phosphoric ester groups is 1. The van der Waals surface area contributed by atoms with Crippen molar-refractivity contribution in [1.82, 2.24) is 19.1 Å². The van der Waals surface area contributed by atoms with E-state index >= 15 is 0 Å². The predicted molar refractivity (Wildman–Crippen MR) is 234 cm³/mol. The predicted octanol–water partition coefficient (Wildman–Crippen LogP) is 1.66. The first kappa shape index (κ1) is 55.7. The number of hydrogen-bond donors (Lipinski definition) is 9. The van der Waals surface area contributed by atoms with Gasteiger partial charge < -0.3 is 65.3 Å². The molecule has 2 aromatic carbocycles. The van der Waals surface area contributed by atoms with Crippen LogP contribution >= 0.6 is 23.5 Å². The molecule has 2 saturated heterocycles. The van der Waals surface area contributed by atoms with Gasteiger partial charge >= 0.3 is 34.8 Å². The van der Waals surface area contributed by atoms with Crippen LogP contribution in [0.25, 0.3) is 0 Å². The second kappa shape index (κ2) is 23.3. The zero-order valence-electron chi connectivity index (χ0n) is 36.5. The van der Waals surface area contributed by atoms with Gasteiger partial charge in [-0.3, -0.25) is 33.9 Å².